The molecule has 21 heavy (non-hydrogen) atoms. The minimum atomic E-state index is -0.0598. The normalized spacial score (nSPS) is 20.3. The van der Waals surface area contributed by atoms with E-state index in [2.05, 4.69) is 20.2 Å². The molecule has 1 N–H and O–H groups in total. The Kier molecular flexibility index (Phi) is 4.65. The summed E-state index contributed by atoms with van der Waals surface area (Å²) in [4.78, 5) is 22.9. The molecule has 6 heteroatoms. The van der Waals surface area contributed by atoms with E-state index in [0.717, 1.165) is 25.9 Å². The summed E-state index contributed by atoms with van der Waals surface area (Å²) in [6.07, 6.45) is 9.10. The second kappa shape index (κ2) is 6.85. The molecule has 0 atom stereocenters. The summed E-state index contributed by atoms with van der Waals surface area (Å²) in [7, 11) is 0. The molecule has 114 valence electrons. The van der Waals surface area contributed by atoms with Gasteiger partial charge in [-0.25, -0.2) is 9.97 Å². The highest BCUT2D eigenvalue weighted by atomic mass is 16.5. The molecule has 1 amide bonds. The van der Waals surface area contributed by atoms with Gasteiger partial charge in [-0.3, -0.25) is 4.79 Å². The summed E-state index contributed by atoms with van der Waals surface area (Å²) < 4.78 is 5.31. The molecule has 1 aromatic rings. The zero-order valence-corrected chi connectivity index (χ0v) is 12.3. The Labute approximate surface area is 124 Å². The van der Waals surface area contributed by atoms with Crippen molar-refractivity contribution in [2.75, 3.05) is 31.2 Å². The predicted molar refractivity (Wildman–Crippen MR) is 79.4 cm³/mol. The van der Waals surface area contributed by atoms with Gasteiger partial charge in [0.15, 0.2) is 0 Å². The predicted octanol–water partition coefficient (Wildman–Crippen LogP) is 1.38. The van der Waals surface area contributed by atoms with E-state index in [-0.39, 0.29) is 5.91 Å². The zero-order valence-electron chi connectivity index (χ0n) is 12.3. The summed E-state index contributed by atoms with van der Waals surface area (Å²) in [5, 5.41) is 3.08. The fourth-order valence-corrected chi connectivity index (χ4v) is 2.88. The third-order valence-electron chi connectivity index (χ3n) is 4.13. The summed E-state index contributed by atoms with van der Waals surface area (Å²) in [5.41, 5.74) is 0.539. The Bertz CT molecular complexity index is 465. The van der Waals surface area contributed by atoms with E-state index >= 15 is 0 Å². The lowest BCUT2D eigenvalue weighted by atomic mass is 9.95. The molecule has 2 heterocycles. The first-order valence-electron chi connectivity index (χ1n) is 7.78. The molecule has 0 spiro atoms. The molecule has 1 saturated heterocycles. The summed E-state index contributed by atoms with van der Waals surface area (Å²) in [6, 6.07) is 0.310. The Morgan fingerprint density at radius 3 is 2.48 bits per heavy atom. The molecule has 1 aromatic heterocycles. The molecule has 2 aliphatic rings. The summed E-state index contributed by atoms with van der Waals surface area (Å²) in [5.74, 6) is 0.614. The smallest absolute Gasteiger partial charge is 0.254 e. The number of anilines is 1. The number of hydrogen-bond acceptors (Lipinski definition) is 5. The minimum Gasteiger partial charge on any atom is -0.378 e. The van der Waals surface area contributed by atoms with E-state index in [4.69, 9.17) is 4.74 Å². The number of rotatable bonds is 3. The van der Waals surface area contributed by atoms with E-state index in [1.165, 1.54) is 19.3 Å². The van der Waals surface area contributed by atoms with E-state index in [0.29, 0.717) is 30.8 Å². The third kappa shape index (κ3) is 3.69. The molecule has 1 aliphatic heterocycles. The van der Waals surface area contributed by atoms with Crippen LogP contribution in [0.2, 0.25) is 0 Å². The van der Waals surface area contributed by atoms with Gasteiger partial charge >= 0.3 is 0 Å². The average Bonchev–Trinajstić information content (AvgIpc) is 2.57. The van der Waals surface area contributed by atoms with Crippen molar-refractivity contribution in [3.63, 3.8) is 0 Å². The van der Waals surface area contributed by atoms with Crippen LogP contribution in [0.15, 0.2) is 12.4 Å². The average molecular weight is 290 g/mol. The molecule has 1 aliphatic carbocycles. The maximum absolute atomic E-state index is 12.2. The van der Waals surface area contributed by atoms with Gasteiger partial charge in [0.25, 0.3) is 5.91 Å². The highest BCUT2D eigenvalue weighted by Crippen LogP contribution is 2.18. The highest BCUT2D eigenvalue weighted by Gasteiger charge is 2.18. The van der Waals surface area contributed by atoms with Crippen molar-refractivity contribution >= 4 is 11.9 Å². The van der Waals surface area contributed by atoms with Crippen LogP contribution in [-0.2, 0) is 4.74 Å². The van der Waals surface area contributed by atoms with E-state index in [1.807, 2.05) is 0 Å². The number of aromatic nitrogens is 2. The molecule has 6 nitrogen and oxygen atoms in total. The number of hydrogen-bond donors (Lipinski definition) is 1. The van der Waals surface area contributed by atoms with Gasteiger partial charge in [-0.1, -0.05) is 19.3 Å². The number of amides is 1. The van der Waals surface area contributed by atoms with Gasteiger partial charge < -0.3 is 15.0 Å². The van der Waals surface area contributed by atoms with Crippen LogP contribution < -0.4 is 10.2 Å². The topological polar surface area (TPSA) is 67.4 Å². The van der Waals surface area contributed by atoms with Crippen LogP contribution in [0.1, 0.15) is 42.5 Å². The Hall–Kier alpha value is -1.69. The van der Waals surface area contributed by atoms with Gasteiger partial charge in [-0.2, -0.15) is 0 Å². The van der Waals surface area contributed by atoms with Gasteiger partial charge in [0.2, 0.25) is 5.95 Å². The van der Waals surface area contributed by atoms with Crippen molar-refractivity contribution < 1.29 is 9.53 Å². The number of ether oxygens (including phenoxy) is 1. The van der Waals surface area contributed by atoms with Gasteiger partial charge in [-0.05, 0) is 12.8 Å². The lowest BCUT2D eigenvalue weighted by Crippen LogP contribution is -2.38. The lowest BCUT2D eigenvalue weighted by molar-refractivity contribution is 0.0927. The van der Waals surface area contributed by atoms with Crippen LogP contribution in [0.4, 0.5) is 5.95 Å². The first kappa shape index (κ1) is 14.3. The number of morpholine rings is 1. The number of carbonyl (C=O) groups is 1. The first-order valence-corrected chi connectivity index (χ1v) is 7.78. The van der Waals surface area contributed by atoms with Crippen LogP contribution in [-0.4, -0.2) is 48.2 Å². The molecule has 0 bridgehead atoms. The van der Waals surface area contributed by atoms with Gasteiger partial charge in [0, 0.05) is 31.5 Å². The molecular formula is C15H22N4O2. The molecule has 0 aromatic carbocycles. The molecule has 0 radical (unpaired) electrons. The van der Waals surface area contributed by atoms with Crippen molar-refractivity contribution in [1.29, 1.82) is 0 Å². The van der Waals surface area contributed by atoms with E-state index in [1.54, 1.807) is 12.4 Å². The summed E-state index contributed by atoms with van der Waals surface area (Å²) in [6.45, 7) is 3.00. The van der Waals surface area contributed by atoms with E-state index in [9.17, 15) is 4.79 Å². The monoisotopic (exact) mass is 290 g/mol. The van der Waals surface area contributed by atoms with Crippen LogP contribution in [0.3, 0.4) is 0 Å². The summed E-state index contributed by atoms with van der Waals surface area (Å²) >= 11 is 0. The van der Waals surface area contributed by atoms with Crippen molar-refractivity contribution in [1.82, 2.24) is 15.3 Å². The van der Waals surface area contributed by atoms with Gasteiger partial charge in [-0.15, -0.1) is 0 Å². The molecule has 2 fully saturated rings. The Balaban J connectivity index is 1.58. The van der Waals surface area contributed by atoms with Gasteiger partial charge in [0.1, 0.15) is 0 Å². The fraction of sp³-hybridized carbons (Fsp3) is 0.667. The molecule has 0 unspecified atom stereocenters. The molecule has 3 rings (SSSR count). The zero-order chi connectivity index (χ0) is 14.5. The second-order valence-corrected chi connectivity index (χ2v) is 5.68. The van der Waals surface area contributed by atoms with E-state index < -0.39 is 0 Å². The van der Waals surface area contributed by atoms with Gasteiger partial charge in [0.05, 0.1) is 18.8 Å². The molecule has 1 saturated carbocycles. The number of nitrogens with one attached hydrogen (secondary N) is 1. The maximum atomic E-state index is 12.2. The van der Waals surface area contributed by atoms with Crippen LogP contribution in [0, 0.1) is 0 Å². The second-order valence-electron chi connectivity index (χ2n) is 5.68. The van der Waals surface area contributed by atoms with Crippen LogP contribution in [0.5, 0.6) is 0 Å². The van der Waals surface area contributed by atoms with Crippen molar-refractivity contribution in [2.45, 2.75) is 38.1 Å². The van der Waals surface area contributed by atoms with Crippen molar-refractivity contribution in [3.8, 4) is 0 Å². The Morgan fingerprint density at radius 2 is 1.81 bits per heavy atom. The van der Waals surface area contributed by atoms with Crippen LogP contribution in [0.25, 0.3) is 0 Å². The van der Waals surface area contributed by atoms with Crippen molar-refractivity contribution in [2.24, 2.45) is 0 Å². The standard InChI is InChI=1S/C15H22N4O2/c20-14(18-13-4-2-1-3-5-13)12-10-16-15(17-11-12)19-6-8-21-9-7-19/h10-11,13H,1-9H2,(H,18,20). The van der Waals surface area contributed by atoms with Crippen molar-refractivity contribution in [3.05, 3.63) is 18.0 Å². The largest absolute Gasteiger partial charge is 0.378 e. The quantitative estimate of drug-likeness (QED) is 0.911. The third-order valence-corrected chi connectivity index (χ3v) is 4.13. The molecular weight excluding hydrogens is 268 g/mol. The fourth-order valence-electron chi connectivity index (χ4n) is 2.88. The maximum Gasteiger partial charge on any atom is 0.254 e. The first-order chi connectivity index (χ1) is 10.3. The minimum absolute atomic E-state index is 0.0598. The lowest BCUT2D eigenvalue weighted by Gasteiger charge is -2.26. The number of nitrogens with zero attached hydrogens (tertiary/aromatic N) is 3. The number of carbonyl (C=O) groups excluding carboxylic acids is 1. The highest BCUT2D eigenvalue weighted by molar-refractivity contribution is 5.93. The SMILES string of the molecule is O=C(NC1CCCCC1)c1cnc(N2CCOCC2)nc1. The Morgan fingerprint density at radius 1 is 1.14 bits per heavy atom. The van der Waals surface area contributed by atoms with Crippen LogP contribution >= 0.6 is 0 Å².